The third kappa shape index (κ3) is 3.32. The van der Waals surface area contributed by atoms with Crippen LogP contribution in [0.5, 0.6) is 0 Å². The van der Waals surface area contributed by atoms with Gasteiger partial charge in [0.05, 0.1) is 0 Å². The van der Waals surface area contributed by atoms with E-state index in [1.54, 1.807) is 6.21 Å². The first-order chi connectivity index (χ1) is 10.7. The van der Waals surface area contributed by atoms with Crippen molar-refractivity contribution in [1.82, 2.24) is 0 Å². The molecule has 0 spiro atoms. The first-order valence-corrected chi connectivity index (χ1v) is 7.57. The zero-order chi connectivity index (χ0) is 15.4. The van der Waals surface area contributed by atoms with Crippen molar-refractivity contribution in [3.8, 4) is 0 Å². The molecule has 1 aliphatic rings. The van der Waals surface area contributed by atoms with Crippen LogP contribution in [0.25, 0.3) is 0 Å². The van der Waals surface area contributed by atoms with Gasteiger partial charge in [0.15, 0.2) is 11.6 Å². The number of anilines is 1. The van der Waals surface area contributed by atoms with Gasteiger partial charge in [-0.25, -0.2) is 8.78 Å². The molecule has 4 heteroatoms. The Morgan fingerprint density at radius 1 is 0.909 bits per heavy atom. The third-order valence-electron chi connectivity index (χ3n) is 3.90. The van der Waals surface area contributed by atoms with Crippen molar-refractivity contribution in [2.24, 2.45) is 4.99 Å². The van der Waals surface area contributed by atoms with Gasteiger partial charge in [0.2, 0.25) is 0 Å². The highest BCUT2D eigenvalue weighted by Gasteiger charge is 2.10. The lowest BCUT2D eigenvalue weighted by atomic mass is 10.1. The normalized spacial score (nSPS) is 15.5. The van der Waals surface area contributed by atoms with Gasteiger partial charge in [0, 0.05) is 25.0 Å². The monoisotopic (exact) mass is 300 g/mol. The maximum Gasteiger partial charge on any atom is 0.184 e. The lowest BCUT2D eigenvalue weighted by molar-refractivity contribution is 0.510. The third-order valence-corrected chi connectivity index (χ3v) is 3.90. The van der Waals surface area contributed by atoms with E-state index in [1.807, 2.05) is 12.1 Å². The predicted molar refractivity (Wildman–Crippen MR) is 86.1 cm³/mol. The van der Waals surface area contributed by atoms with Gasteiger partial charge in [-0.3, -0.25) is 4.99 Å². The van der Waals surface area contributed by atoms with E-state index in [-0.39, 0.29) is 5.69 Å². The smallest absolute Gasteiger partial charge is 0.184 e. The van der Waals surface area contributed by atoms with E-state index >= 15 is 0 Å². The Hall–Kier alpha value is -2.23. The molecule has 2 aromatic carbocycles. The number of piperidine rings is 1. The maximum atomic E-state index is 13.5. The molecule has 1 saturated heterocycles. The fourth-order valence-corrected chi connectivity index (χ4v) is 2.66. The van der Waals surface area contributed by atoms with Crippen LogP contribution in [0.15, 0.2) is 47.5 Å². The molecule has 0 saturated carbocycles. The SMILES string of the molecule is Fc1cccc(N=Cc2ccc(N3CCCCC3)cc2)c1F. The number of hydrogen-bond acceptors (Lipinski definition) is 2. The molecule has 0 atom stereocenters. The minimum atomic E-state index is -0.913. The van der Waals surface area contributed by atoms with Crippen molar-refractivity contribution in [3.05, 3.63) is 59.7 Å². The molecule has 1 aliphatic heterocycles. The number of benzene rings is 2. The highest BCUT2D eigenvalue weighted by atomic mass is 19.2. The Kier molecular flexibility index (Phi) is 4.47. The number of aliphatic imine (C=N–C) groups is 1. The van der Waals surface area contributed by atoms with E-state index in [2.05, 4.69) is 22.0 Å². The van der Waals surface area contributed by atoms with E-state index in [4.69, 9.17) is 0 Å². The molecule has 0 aliphatic carbocycles. The molecule has 2 aromatic rings. The summed E-state index contributed by atoms with van der Waals surface area (Å²) < 4.78 is 26.6. The first kappa shape index (κ1) is 14.7. The molecule has 0 N–H and O–H groups in total. The molecule has 2 nitrogen and oxygen atoms in total. The summed E-state index contributed by atoms with van der Waals surface area (Å²) in [4.78, 5) is 6.40. The Morgan fingerprint density at radius 2 is 1.64 bits per heavy atom. The molecular formula is C18H18F2N2. The van der Waals surface area contributed by atoms with Crippen LogP contribution >= 0.6 is 0 Å². The Bertz CT molecular complexity index is 659. The van der Waals surface area contributed by atoms with E-state index in [1.165, 1.54) is 37.1 Å². The summed E-state index contributed by atoms with van der Waals surface area (Å²) in [7, 11) is 0. The van der Waals surface area contributed by atoms with Gasteiger partial charge in [-0.05, 0) is 49.1 Å². The summed E-state index contributed by atoms with van der Waals surface area (Å²) in [6, 6.07) is 12.0. The van der Waals surface area contributed by atoms with Crippen LogP contribution in [0.4, 0.5) is 20.2 Å². The summed E-state index contributed by atoms with van der Waals surface area (Å²) in [6.07, 6.45) is 5.34. The van der Waals surface area contributed by atoms with Gasteiger partial charge in [-0.15, -0.1) is 0 Å². The summed E-state index contributed by atoms with van der Waals surface area (Å²) in [5.74, 6) is -1.79. The molecule has 0 unspecified atom stereocenters. The van der Waals surface area contributed by atoms with E-state index in [9.17, 15) is 8.78 Å². The summed E-state index contributed by atoms with van der Waals surface area (Å²) >= 11 is 0. The highest BCUT2D eigenvalue weighted by Crippen LogP contribution is 2.21. The van der Waals surface area contributed by atoms with Gasteiger partial charge in [-0.2, -0.15) is 0 Å². The minimum absolute atomic E-state index is 0.0140. The van der Waals surface area contributed by atoms with E-state index in [0.29, 0.717) is 0 Å². The van der Waals surface area contributed by atoms with E-state index in [0.717, 1.165) is 24.7 Å². The lowest BCUT2D eigenvalue weighted by Crippen LogP contribution is -2.29. The molecule has 22 heavy (non-hydrogen) atoms. The highest BCUT2D eigenvalue weighted by molar-refractivity contribution is 5.82. The molecule has 0 amide bonds. The van der Waals surface area contributed by atoms with Crippen LogP contribution in [-0.4, -0.2) is 19.3 Å². The number of halogens is 2. The topological polar surface area (TPSA) is 15.6 Å². The van der Waals surface area contributed by atoms with Gasteiger partial charge in [-0.1, -0.05) is 18.2 Å². The Morgan fingerprint density at radius 3 is 2.36 bits per heavy atom. The lowest BCUT2D eigenvalue weighted by Gasteiger charge is -2.28. The second-order valence-corrected chi connectivity index (χ2v) is 5.47. The molecule has 0 bridgehead atoms. The predicted octanol–water partition coefficient (Wildman–Crippen LogP) is 4.71. The zero-order valence-electron chi connectivity index (χ0n) is 12.3. The first-order valence-electron chi connectivity index (χ1n) is 7.57. The molecule has 0 aromatic heterocycles. The number of nitrogens with zero attached hydrogens (tertiary/aromatic N) is 2. The second-order valence-electron chi connectivity index (χ2n) is 5.47. The zero-order valence-corrected chi connectivity index (χ0v) is 12.3. The van der Waals surface area contributed by atoms with Crippen molar-refractivity contribution in [2.75, 3.05) is 18.0 Å². The van der Waals surface area contributed by atoms with Crippen LogP contribution < -0.4 is 4.90 Å². The largest absolute Gasteiger partial charge is 0.372 e. The molecular weight excluding hydrogens is 282 g/mol. The summed E-state index contributed by atoms with van der Waals surface area (Å²) in [5.41, 5.74) is 2.08. The quantitative estimate of drug-likeness (QED) is 0.750. The van der Waals surface area contributed by atoms with Gasteiger partial charge in [0.25, 0.3) is 0 Å². The molecule has 114 valence electrons. The maximum absolute atomic E-state index is 13.5. The van der Waals surface area contributed by atoms with Crippen molar-refractivity contribution in [2.45, 2.75) is 19.3 Å². The molecule has 3 rings (SSSR count). The number of rotatable bonds is 3. The fourth-order valence-electron chi connectivity index (χ4n) is 2.66. The van der Waals surface area contributed by atoms with Crippen molar-refractivity contribution >= 4 is 17.6 Å². The van der Waals surface area contributed by atoms with Gasteiger partial charge < -0.3 is 4.90 Å². The Labute approximate surface area is 129 Å². The standard InChI is InChI=1S/C18H18F2N2/c19-16-5-4-6-17(18(16)20)21-13-14-7-9-15(10-8-14)22-11-2-1-3-12-22/h4-10,13H,1-3,11-12H2. The van der Waals surface area contributed by atoms with Crippen LogP contribution in [0, 0.1) is 11.6 Å². The average molecular weight is 300 g/mol. The average Bonchev–Trinajstić information content (AvgIpc) is 2.57. The number of hydrogen-bond donors (Lipinski definition) is 0. The van der Waals surface area contributed by atoms with Gasteiger partial charge in [0.1, 0.15) is 5.69 Å². The molecule has 0 radical (unpaired) electrons. The van der Waals surface area contributed by atoms with Crippen molar-refractivity contribution in [1.29, 1.82) is 0 Å². The fraction of sp³-hybridized carbons (Fsp3) is 0.278. The second kappa shape index (κ2) is 6.69. The molecule has 1 heterocycles. The minimum Gasteiger partial charge on any atom is -0.372 e. The van der Waals surface area contributed by atoms with Crippen LogP contribution in [0.2, 0.25) is 0 Å². The van der Waals surface area contributed by atoms with Crippen molar-refractivity contribution in [3.63, 3.8) is 0 Å². The van der Waals surface area contributed by atoms with Crippen LogP contribution in [0.3, 0.4) is 0 Å². The Balaban J connectivity index is 1.73. The van der Waals surface area contributed by atoms with Crippen molar-refractivity contribution < 1.29 is 8.78 Å². The molecule has 1 fully saturated rings. The van der Waals surface area contributed by atoms with Gasteiger partial charge >= 0.3 is 0 Å². The van der Waals surface area contributed by atoms with Crippen LogP contribution in [0.1, 0.15) is 24.8 Å². The van der Waals surface area contributed by atoms with E-state index < -0.39 is 11.6 Å². The summed E-state index contributed by atoms with van der Waals surface area (Å²) in [5, 5.41) is 0. The van der Waals surface area contributed by atoms with Crippen LogP contribution in [-0.2, 0) is 0 Å². The summed E-state index contributed by atoms with van der Waals surface area (Å²) in [6.45, 7) is 2.20.